The van der Waals surface area contributed by atoms with E-state index < -0.39 is 23.3 Å². The van der Waals surface area contributed by atoms with Gasteiger partial charge in [-0.25, -0.2) is 0 Å². The minimum Gasteiger partial charge on any atom is -0.494 e. The molecule has 0 bridgehead atoms. The number of amides is 2. The second kappa shape index (κ2) is 8.45. The van der Waals surface area contributed by atoms with E-state index >= 15 is 0 Å². The molecular weight excluding hydrogens is 412 g/mol. The Labute approximate surface area is 184 Å². The molecule has 2 amide bonds. The summed E-state index contributed by atoms with van der Waals surface area (Å²) in [6.45, 7) is 5.93. The molecule has 1 aliphatic carbocycles. The van der Waals surface area contributed by atoms with Crippen LogP contribution in [0.15, 0.2) is 35.4 Å². The number of pyridine rings is 1. The van der Waals surface area contributed by atoms with Crippen LogP contribution in [0, 0.1) is 5.92 Å². The Balaban J connectivity index is 1.78. The molecule has 3 aromatic rings. The number of aromatic hydroxyl groups is 1. The van der Waals surface area contributed by atoms with Gasteiger partial charge in [0.1, 0.15) is 5.56 Å². The second-order valence-corrected chi connectivity index (χ2v) is 8.50. The zero-order valence-corrected chi connectivity index (χ0v) is 18.2. The van der Waals surface area contributed by atoms with Crippen LogP contribution in [0.2, 0.25) is 0 Å². The van der Waals surface area contributed by atoms with E-state index in [4.69, 9.17) is 0 Å². The van der Waals surface area contributed by atoms with Crippen LogP contribution in [0.4, 0.5) is 0 Å². The average molecular weight is 438 g/mol. The van der Waals surface area contributed by atoms with E-state index in [1.165, 1.54) is 10.8 Å². The van der Waals surface area contributed by atoms with Gasteiger partial charge in [-0.2, -0.15) is 9.61 Å². The first-order chi connectivity index (χ1) is 15.3. The van der Waals surface area contributed by atoms with E-state index in [1.54, 1.807) is 25.3 Å². The summed E-state index contributed by atoms with van der Waals surface area (Å²) >= 11 is 0. The fourth-order valence-corrected chi connectivity index (χ4v) is 3.55. The molecule has 3 heterocycles. The highest BCUT2D eigenvalue weighted by atomic mass is 16.3. The fourth-order valence-electron chi connectivity index (χ4n) is 3.55. The van der Waals surface area contributed by atoms with Crippen molar-refractivity contribution in [3.8, 4) is 5.88 Å². The van der Waals surface area contributed by atoms with Crippen molar-refractivity contribution in [2.75, 3.05) is 0 Å². The van der Waals surface area contributed by atoms with Crippen molar-refractivity contribution in [1.82, 2.24) is 29.8 Å². The first kappa shape index (κ1) is 21.5. The zero-order valence-electron chi connectivity index (χ0n) is 18.2. The molecule has 3 aromatic heterocycles. The molecule has 1 saturated carbocycles. The SMILES string of the molecule is CC(C)Cn1c(O)c(C(=O)NC2CC2)c(=O)n2ncc(C(=O)N[C@@H](C)c3ccccn3)c12. The predicted octanol–water partition coefficient (Wildman–Crippen LogP) is 1.64. The van der Waals surface area contributed by atoms with Crippen molar-refractivity contribution in [3.05, 3.63) is 57.8 Å². The lowest BCUT2D eigenvalue weighted by Gasteiger charge is -2.18. The minimum absolute atomic E-state index is 0.0163. The molecular formula is C22H26N6O4. The second-order valence-electron chi connectivity index (χ2n) is 8.50. The number of hydrogen-bond donors (Lipinski definition) is 3. The molecule has 1 atom stereocenters. The Morgan fingerprint density at radius 2 is 1.97 bits per heavy atom. The average Bonchev–Trinajstić information content (AvgIpc) is 3.45. The Morgan fingerprint density at radius 3 is 2.59 bits per heavy atom. The molecule has 0 unspecified atom stereocenters. The Bertz CT molecular complexity index is 1230. The van der Waals surface area contributed by atoms with Gasteiger partial charge in [0, 0.05) is 18.8 Å². The zero-order chi connectivity index (χ0) is 23.0. The van der Waals surface area contributed by atoms with Crippen molar-refractivity contribution < 1.29 is 14.7 Å². The van der Waals surface area contributed by atoms with Gasteiger partial charge < -0.3 is 15.7 Å². The van der Waals surface area contributed by atoms with Gasteiger partial charge in [-0.3, -0.25) is 23.9 Å². The third-order valence-electron chi connectivity index (χ3n) is 5.30. The maximum absolute atomic E-state index is 13.1. The summed E-state index contributed by atoms with van der Waals surface area (Å²) in [7, 11) is 0. The van der Waals surface area contributed by atoms with Crippen LogP contribution < -0.4 is 16.2 Å². The molecule has 0 saturated heterocycles. The largest absolute Gasteiger partial charge is 0.494 e. The first-order valence-electron chi connectivity index (χ1n) is 10.6. The maximum atomic E-state index is 13.1. The number of nitrogens with one attached hydrogen (secondary N) is 2. The van der Waals surface area contributed by atoms with E-state index in [0.29, 0.717) is 5.69 Å². The quantitative estimate of drug-likeness (QED) is 0.514. The van der Waals surface area contributed by atoms with Crippen molar-refractivity contribution >= 4 is 17.5 Å². The summed E-state index contributed by atoms with van der Waals surface area (Å²) in [6.07, 6.45) is 4.60. The Kier molecular flexibility index (Phi) is 5.68. The summed E-state index contributed by atoms with van der Waals surface area (Å²) in [5, 5.41) is 20.6. The summed E-state index contributed by atoms with van der Waals surface area (Å²) < 4.78 is 2.41. The van der Waals surface area contributed by atoms with Gasteiger partial charge in [-0.15, -0.1) is 0 Å². The normalized spacial score (nSPS) is 14.5. The summed E-state index contributed by atoms with van der Waals surface area (Å²) in [5.74, 6) is -1.52. The minimum atomic E-state index is -0.771. The predicted molar refractivity (Wildman–Crippen MR) is 117 cm³/mol. The van der Waals surface area contributed by atoms with Crippen LogP contribution in [0.25, 0.3) is 5.65 Å². The highest BCUT2D eigenvalue weighted by Crippen LogP contribution is 2.24. The van der Waals surface area contributed by atoms with Gasteiger partial charge in [-0.1, -0.05) is 19.9 Å². The molecule has 0 radical (unpaired) electrons. The molecule has 4 rings (SSSR count). The topological polar surface area (TPSA) is 131 Å². The number of nitrogens with zero attached hydrogens (tertiary/aromatic N) is 4. The van der Waals surface area contributed by atoms with Gasteiger partial charge in [0.2, 0.25) is 5.88 Å². The van der Waals surface area contributed by atoms with Crippen LogP contribution >= 0.6 is 0 Å². The molecule has 3 N–H and O–H groups in total. The number of carbonyl (C=O) groups is 2. The molecule has 10 nitrogen and oxygen atoms in total. The lowest BCUT2D eigenvalue weighted by molar-refractivity contribution is 0.0935. The number of hydrogen-bond acceptors (Lipinski definition) is 6. The van der Waals surface area contributed by atoms with Crippen molar-refractivity contribution in [3.63, 3.8) is 0 Å². The molecule has 0 spiro atoms. The lowest BCUT2D eigenvalue weighted by Crippen LogP contribution is -2.35. The van der Waals surface area contributed by atoms with E-state index in [1.807, 2.05) is 19.9 Å². The fraction of sp³-hybridized carbons (Fsp3) is 0.409. The molecule has 1 fully saturated rings. The molecule has 10 heteroatoms. The smallest absolute Gasteiger partial charge is 0.291 e. The number of carbonyl (C=O) groups excluding carboxylic acids is 2. The van der Waals surface area contributed by atoms with Crippen molar-refractivity contribution in [1.29, 1.82) is 0 Å². The van der Waals surface area contributed by atoms with Gasteiger partial charge in [0.05, 0.1) is 17.9 Å². The maximum Gasteiger partial charge on any atom is 0.291 e. The number of fused-ring (bicyclic) bond motifs is 1. The van der Waals surface area contributed by atoms with Crippen LogP contribution in [0.1, 0.15) is 66.1 Å². The molecule has 0 aliphatic heterocycles. The first-order valence-corrected chi connectivity index (χ1v) is 10.6. The van der Waals surface area contributed by atoms with Gasteiger partial charge in [0.25, 0.3) is 17.4 Å². The highest BCUT2D eigenvalue weighted by molar-refractivity contribution is 6.01. The monoisotopic (exact) mass is 438 g/mol. The standard InChI is InChI=1S/C22H26N6O4/c1-12(2)11-27-20-15(18(29)25-13(3)16-6-4-5-9-23-16)10-24-28(20)22(32)17(21(27)31)19(30)26-14-7-8-14/h4-6,9-10,12-14,31H,7-8,11H2,1-3H3,(H,25,29)(H,26,30)/t13-/m0/s1. The van der Waals surface area contributed by atoms with Crippen LogP contribution in [-0.2, 0) is 6.54 Å². The van der Waals surface area contributed by atoms with Crippen LogP contribution in [0.5, 0.6) is 5.88 Å². The summed E-state index contributed by atoms with van der Waals surface area (Å²) in [6, 6.07) is 5.04. The summed E-state index contributed by atoms with van der Waals surface area (Å²) in [4.78, 5) is 43.0. The number of aromatic nitrogens is 4. The molecule has 168 valence electrons. The van der Waals surface area contributed by atoms with Gasteiger partial charge >= 0.3 is 0 Å². The van der Waals surface area contributed by atoms with E-state index in [0.717, 1.165) is 17.4 Å². The summed E-state index contributed by atoms with van der Waals surface area (Å²) in [5.41, 5.74) is -0.210. The van der Waals surface area contributed by atoms with E-state index in [9.17, 15) is 19.5 Å². The van der Waals surface area contributed by atoms with Crippen molar-refractivity contribution in [2.45, 2.75) is 52.2 Å². The molecule has 0 aromatic carbocycles. The van der Waals surface area contributed by atoms with E-state index in [-0.39, 0.29) is 41.3 Å². The number of rotatable bonds is 7. The highest BCUT2D eigenvalue weighted by Gasteiger charge is 2.31. The Hall–Kier alpha value is -3.69. The van der Waals surface area contributed by atoms with Crippen LogP contribution in [-0.4, -0.2) is 42.1 Å². The van der Waals surface area contributed by atoms with Gasteiger partial charge in [-0.05, 0) is 37.8 Å². The van der Waals surface area contributed by atoms with E-state index in [2.05, 4.69) is 20.7 Å². The lowest BCUT2D eigenvalue weighted by atomic mass is 10.2. The Morgan fingerprint density at radius 1 is 1.22 bits per heavy atom. The van der Waals surface area contributed by atoms with Crippen LogP contribution in [0.3, 0.4) is 0 Å². The molecule has 32 heavy (non-hydrogen) atoms. The van der Waals surface area contributed by atoms with Gasteiger partial charge in [0.15, 0.2) is 11.2 Å². The van der Waals surface area contributed by atoms with Crippen molar-refractivity contribution in [2.24, 2.45) is 5.92 Å². The third-order valence-corrected chi connectivity index (χ3v) is 5.30. The molecule has 1 aliphatic rings. The third kappa shape index (κ3) is 4.08.